The molecule has 7 nitrogen and oxygen atoms in total. The summed E-state index contributed by atoms with van der Waals surface area (Å²) in [5.41, 5.74) is 4.52. The average Bonchev–Trinajstić information content (AvgIpc) is 2.94. The highest BCUT2D eigenvalue weighted by molar-refractivity contribution is 6.30. The first-order valence-corrected chi connectivity index (χ1v) is 13.0. The van der Waals surface area contributed by atoms with Gasteiger partial charge in [0.05, 0.1) is 18.7 Å². The van der Waals surface area contributed by atoms with Gasteiger partial charge in [0.2, 0.25) is 12.8 Å². The van der Waals surface area contributed by atoms with Gasteiger partial charge >= 0.3 is 0 Å². The Hall–Kier alpha value is -4.10. The Morgan fingerprint density at radius 1 is 1.08 bits per heavy atom. The van der Waals surface area contributed by atoms with E-state index in [1.54, 1.807) is 20.1 Å². The van der Waals surface area contributed by atoms with E-state index in [2.05, 4.69) is 5.32 Å². The Balaban J connectivity index is 1.85. The third kappa shape index (κ3) is 8.19. The summed E-state index contributed by atoms with van der Waals surface area (Å²) in [5, 5.41) is 3.02. The molecule has 0 aromatic heterocycles. The Morgan fingerprint density at radius 3 is 2.44 bits per heavy atom. The van der Waals surface area contributed by atoms with Crippen LogP contribution in [0.4, 0.5) is 0 Å². The van der Waals surface area contributed by atoms with Gasteiger partial charge in [0.1, 0.15) is 18.1 Å². The Labute approximate surface area is 234 Å². The molecule has 0 unspecified atom stereocenters. The zero-order valence-electron chi connectivity index (χ0n) is 22.4. The smallest absolute Gasteiger partial charge is 0.256 e. The zero-order valence-corrected chi connectivity index (χ0v) is 23.2. The van der Waals surface area contributed by atoms with Gasteiger partial charge in [-0.1, -0.05) is 66.2 Å². The monoisotopic (exact) mass is 548 g/mol. The standard InChI is InChI=1S/C31H33ClN2O5/c1-22-10-4-8-14-27(22)31(37)34(21-36)18-25-12-5-6-13-26(25)19-39-30(16-23(2)33-20-35)28(32)17-24-11-7-9-15-29(24)38-3/h4-7,9-13,15-16,20-21H,8,14,17-19H2,1-3H3,(H,33,35)/b23-16-,30-28-. The van der Waals surface area contributed by atoms with Crippen molar-refractivity contribution in [1.29, 1.82) is 0 Å². The molecular formula is C31H33ClN2O5. The number of imide groups is 1. The normalized spacial score (nSPS) is 13.9. The van der Waals surface area contributed by atoms with Crippen LogP contribution < -0.4 is 10.1 Å². The number of rotatable bonds is 13. The number of hydrogen-bond acceptors (Lipinski definition) is 5. The largest absolute Gasteiger partial charge is 0.496 e. The summed E-state index contributed by atoms with van der Waals surface area (Å²) >= 11 is 6.74. The Morgan fingerprint density at radius 2 is 1.77 bits per heavy atom. The van der Waals surface area contributed by atoms with E-state index in [1.165, 1.54) is 4.90 Å². The summed E-state index contributed by atoms with van der Waals surface area (Å²) in [6.45, 7) is 3.84. The minimum Gasteiger partial charge on any atom is -0.496 e. The van der Waals surface area contributed by atoms with Gasteiger partial charge in [-0.2, -0.15) is 0 Å². The molecule has 1 N–H and O–H groups in total. The van der Waals surface area contributed by atoms with Crippen LogP contribution in [-0.4, -0.2) is 30.7 Å². The molecular weight excluding hydrogens is 516 g/mol. The molecule has 0 spiro atoms. The second-order valence-electron chi connectivity index (χ2n) is 9.05. The first kappa shape index (κ1) is 29.5. The van der Waals surface area contributed by atoms with E-state index < -0.39 is 0 Å². The van der Waals surface area contributed by atoms with E-state index in [-0.39, 0.29) is 19.1 Å². The van der Waals surface area contributed by atoms with Crippen molar-refractivity contribution in [2.75, 3.05) is 7.11 Å². The molecule has 0 saturated heterocycles. The number of halogens is 1. The van der Waals surface area contributed by atoms with E-state index in [9.17, 15) is 14.4 Å². The predicted molar refractivity (Wildman–Crippen MR) is 151 cm³/mol. The molecule has 1 aliphatic carbocycles. The van der Waals surface area contributed by atoms with Gasteiger partial charge in [0, 0.05) is 23.8 Å². The number of nitrogens with zero attached hydrogens (tertiary/aromatic N) is 1. The predicted octanol–water partition coefficient (Wildman–Crippen LogP) is 5.71. The van der Waals surface area contributed by atoms with Crippen LogP contribution in [0.5, 0.6) is 5.75 Å². The van der Waals surface area contributed by atoms with Crippen LogP contribution in [0.25, 0.3) is 0 Å². The summed E-state index contributed by atoms with van der Waals surface area (Å²) in [4.78, 5) is 37.2. The van der Waals surface area contributed by atoms with Crippen LogP contribution in [0, 0.1) is 0 Å². The van der Waals surface area contributed by atoms with Crippen molar-refractivity contribution in [3.8, 4) is 5.75 Å². The first-order chi connectivity index (χ1) is 18.9. The molecule has 2 aromatic carbocycles. The number of carbonyl (C=O) groups excluding carboxylic acids is 3. The van der Waals surface area contributed by atoms with Crippen LogP contribution in [0.2, 0.25) is 0 Å². The molecule has 0 atom stereocenters. The fourth-order valence-electron chi connectivity index (χ4n) is 4.22. The quantitative estimate of drug-likeness (QED) is 0.197. The van der Waals surface area contributed by atoms with Crippen molar-refractivity contribution in [3.63, 3.8) is 0 Å². The molecule has 204 valence electrons. The number of amides is 3. The molecule has 3 amide bonds. The molecule has 1 aliphatic rings. The Kier molecular flexibility index (Phi) is 11.1. The van der Waals surface area contributed by atoms with Crippen LogP contribution in [0.3, 0.4) is 0 Å². The van der Waals surface area contributed by atoms with Crippen molar-refractivity contribution < 1.29 is 23.9 Å². The first-order valence-electron chi connectivity index (χ1n) is 12.6. The van der Waals surface area contributed by atoms with Gasteiger partial charge in [-0.05, 0) is 55.0 Å². The fourth-order valence-corrected chi connectivity index (χ4v) is 4.47. The van der Waals surface area contributed by atoms with Crippen molar-refractivity contribution in [2.24, 2.45) is 0 Å². The highest BCUT2D eigenvalue weighted by Gasteiger charge is 2.21. The molecule has 39 heavy (non-hydrogen) atoms. The molecule has 0 bridgehead atoms. The third-order valence-corrected chi connectivity index (χ3v) is 6.65. The van der Waals surface area contributed by atoms with Crippen molar-refractivity contribution in [3.05, 3.63) is 111 Å². The molecule has 0 aliphatic heterocycles. The maximum atomic E-state index is 13.1. The van der Waals surface area contributed by atoms with Gasteiger partial charge in [-0.25, -0.2) is 0 Å². The fraction of sp³-hybridized carbons (Fsp3) is 0.258. The van der Waals surface area contributed by atoms with Gasteiger partial charge in [-0.3, -0.25) is 19.3 Å². The summed E-state index contributed by atoms with van der Waals surface area (Å²) in [6, 6.07) is 15.0. The van der Waals surface area contributed by atoms with Crippen molar-refractivity contribution in [2.45, 2.75) is 46.3 Å². The average molecular weight is 549 g/mol. The number of ether oxygens (including phenoxy) is 2. The molecule has 3 rings (SSSR count). The van der Waals surface area contributed by atoms with E-state index in [4.69, 9.17) is 21.1 Å². The Bertz CT molecular complexity index is 1330. The topological polar surface area (TPSA) is 84.9 Å². The number of allylic oxidation sites excluding steroid dienone is 6. The molecule has 8 heteroatoms. The van der Waals surface area contributed by atoms with Crippen molar-refractivity contribution in [1.82, 2.24) is 10.2 Å². The number of carbonyl (C=O) groups is 3. The van der Waals surface area contributed by atoms with Crippen molar-refractivity contribution >= 4 is 30.3 Å². The number of para-hydroxylation sites is 1. The van der Waals surface area contributed by atoms with Crippen LogP contribution in [0.1, 0.15) is 43.4 Å². The summed E-state index contributed by atoms with van der Waals surface area (Å²) < 4.78 is 11.6. The van der Waals surface area contributed by atoms with Crippen LogP contribution in [0.15, 0.2) is 94.4 Å². The SMILES string of the molecule is COc1ccccc1C/C(Cl)=C(\C=C(\C)NC=O)OCc1ccccc1CN(C=O)C(=O)C1=C(C)C=CCC1. The maximum Gasteiger partial charge on any atom is 0.256 e. The van der Waals surface area contributed by atoms with Gasteiger partial charge < -0.3 is 14.8 Å². The number of benzene rings is 2. The number of nitrogens with one attached hydrogen (secondary N) is 1. The zero-order chi connectivity index (χ0) is 28.2. The lowest BCUT2D eigenvalue weighted by molar-refractivity contribution is -0.136. The molecule has 0 heterocycles. The summed E-state index contributed by atoms with van der Waals surface area (Å²) in [5.74, 6) is 0.785. The lowest BCUT2D eigenvalue weighted by Gasteiger charge is -2.21. The van der Waals surface area contributed by atoms with E-state index in [1.807, 2.05) is 67.6 Å². The summed E-state index contributed by atoms with van der Waals surface area (Å²) in [6.07, 6.45) is 8.48. The second kappa shape index (κ2) is 14.7. The van der Waals surface area contributed by atoms with Gasteiger partial charge in [0.15, 0.2) is 0 Å². The molecule has 0 saturated carbocycles. The third-order valence-electron chi connectivity index (χ3n) is 6.33. The van der Waals surface area contributed by atoms with E-state index >= 15 is 0 Å². The lowest BCUT2D eigenvalue weighted by atomic mass is 9.97. The van der Waals surface area contributed by atoms with Gasteiger partial charge in [-0.15, -0.1) is 0 Å². The summed E-state index contributed by atoms with van der Waals surface area (Å²) in [7, 11) is 1.60. The minimum atomic E-state index is -0.290. The highest BCUT2D eigenvalue weighted by Crippen LogP contribution is 2.27. The lowest BCUT2D eigenvalue weighted by Crippen LogP contribution is -2.31. The molecule has 0 radical (unpaired) electrons. The van der Waals surface area contributed by atoms with Crippen LogP contribution >= 0.6 is 11.6 Å². The molecule has 2 aromatic rings. The maximum absolute atomic E-state index is 13.1. The minimum absolute atomic E-state index is 0.109. The van der Waals surface area contributed by atoms with E-state index in [0.29, 0.717) is 53.5 Å². The number of hydrogen-bond donors (Lipinski definition) is 1. The van der Waals surface area contributed by atoms with Gasteiger partial charge in [0.25, 0.3) is 5.91 Å². The van der Waals surface area contributed by atoms with Crippen LogP contribution in [-0.2, 0) is 38.7 Å². The van der Waals surface area contributed by atoms with E-state index in [0.717, 1.165) is 28.7 Å². The second-order valence-corrected chi connectivity index (χ2v) is 9.50. The highest BCUT2D eigenvalue weighted by atomic mass is 35.5. The molecule has 0 fully saturated rings. The number of methoxy groups -OCH3 is 1.